The lowest BCUT2D eigenvalue weighted by atomic mass is 9.90. The molecule has 0 fully saturated rings. The molecule has 1 aliphatic heterocycles. The van der Waals surface area contributed by atoms with Crippen molar-refractivity contribution in [1.29, 1.82) is 0 Å². The van der Waals surface area contributed by atoms with Crippen molar-refractivity contribution in [2.75, 3.05) is 19.6 Å². The third-order valence-electron chi connectivity index (χ3n) is 6.46. The monoisotopic (exact) mass is 460 g/mol. The highest BCUT2D eigenvalue weighted by Gasteiger charge is 2.34. The molecule has 1 atom stereocenters. The average molecular weight is 461 g/mol. The first-order valence-corrected chi connectivity index (χ1v) is 12.6. The Bertz CT molecular complexity index is 1120. The minimum atomic E-state index is -0.101. The molecule has 172 valence electrons. The van der Waals surface area contributed by atoms with Gasteiger partial charge in [-0.25, -0.2) is 0 Å². The number of fused-ring (bicyclic) bond motifs is 1. The van der Waals surface area contributed by atoms with Gasteiger partial charge in [-0.2, -0.15) is 0 Å². The summed E-state index contributed by atoms with van der Waals surface area (Å²) >= 11 is 1.77. The molecular weight excluding hydrogens is 428 g/mol. The molecule has 1 unspecified atom stereocenters. The Morgan fingerprint density at radius 2 is 1.79 bits per heavy atom. The van der Waals surface area contributed by atoms with Crippen LogP contribution in [0.3, 0.4) is 0 Å². The number of aryl methyl sites for hydroxylation is 2. The smallest absolute Gasteiger partial charge is 0.254 e. The van der Waals surface area contributed by atoms with Gasteiger partial charge in [0.1, 0.15) is 6.54 Å². The molecule has 3 aromatic rings. The summed E-state index contributed by atoms with van der Waals surface area (Å²) in [5.74, 6) is -0.0610. The second-order valence-electron chi connectivity index (χ2n) is 8.84. The Morgan fingerprint density at radius 1 is 1.03 bits per heavy atom. The number of nitrogens with zero attached hydrogens (tertiary/aromatic N) is 2. The van der Waals surface area contributed by atoms with Crippen molar-refractivity contribution in [2.24, 2.45) is 0 Å². The van der Waals surface area contributed by atoms with Crippen LogP contribution in [-0.4, -0.2) is 41.2 Å². The predicted octanol–water partition coefficient (Wildman–Crippen LogP) is 5.78. The van der Waals surface area contributed by atoms with E-state index in [1.54, 1.807) is 16.2 Å². The van der Waals surface area contributed by atoms with Crippen LogP contribution < -0.4 is 0 Å². The van der Waals surface area contributed by atoms with Crippen LogP contribution in [0.25, 0.3) is 0 Å². The highest BCUT2D eigenvalue weighted by Crippen LogP contribution is 2.39. The van der Waals surface area contributed by atoms with Crippen molar-refractivity contribution in [3.8, 4) is 0 Å². The number of benzene rings is 2. The first kappa shape index (κ1) is 23.2. The normalized spacial score (nSPS) is 15.2. The second-order valence-corrected chi connectivity index (χ2v) is 9.84. The number of thiophene rings is 1. The molecule has 0 spiro atoms. The van der Waals surface area contributed by atoms with Gasteiger partial charge >= 0.3 is 0 Å². The van der Waals surface area contributed by atoms with E-state index in [1.807, 2.05) is 48.2 Å². The van der Waals surface area contributed by atoms with E-state index in [0.29, 0.717) is 18.7 Å². The molecule has 0 N–H and O–H groups in total. The van der Waals surface area contributed by atoms with Gasteiger partial charge in [0.15, 0.2) is 0 Å². The molecule has 2 amide bonds. The van der Waals surface area contributed by atoms with Crippen molar-refractivity contribution in [3.05, 3.63) is 92.7 Å². The maximum absolute atomic E-state index is 13.7. The summed E-state index contributed by atoms with van der Waals surface area (Å²) in [6.45, 7) is 7.58. The Morgan fingerprint density at radius 3 is 2.52 bits per heavy atom. The van der Waals surface area contributed by atoms with Gasteiger partial charge < -0.3 is 9.80 Å². The third kappa shape index (κ3) is 5.03. The Labute approximate surface area is 200 Å². The fourth-order valence-electron chi connectivity index (χ4n) is 4.55. The largest absolute Gasteiger partial charge is 0.330 e. The molecule has 33 heavy (non-hydrogen) atoms. The summed E-state index contributed by atoms with van der Waals surface area (Å²) in [5, 5.41) is 2.12. The van der Waals surface area contributed by atoms with Crippen LogP contribution in [0.15, 0.2) is 60.0 Å². The molecular formula is C28H32N2O2S. The summed E-state index contributed by atoms with van der Waals surface area (Å²) in [5.41, 5.74) is 5.31. The number of amides is 2. The van der Waals surface area contributed by atoms with E-state index in [4.69, 9.17) is 0 Å². The molecule has 0 saturated carbocycles. The van der Waals surface area contributed by atoms with Gasteiger partial charge in [0.25, 0.3) is 5.91 Å². The Kier molecular flexibility index (Phi) is 7.29. The molecule has 0 saturated heterocycles. The SMILES string of the molecule is CCCCN(CC(=O)N1CCc2sccc2C1c1ccccc1C)C(=O)c1ccc(C)cc1. The maximum atomic E-state index is 13.7. The van der Waals surface area contributed by atoms with E-state index in [2.05, 4.69) is 37.4 Å². The van der Waals surface area contributed by atoms with E-state index < -0.39 is 0 Å². The quantitative estimate of drug-likeness (QED) is 0.448. The maximum Gasteiger partial charge on any atom is 0.254 e. The van der Waals surface area contributed by atoms with Crippen LogP contribution in [-0.2, 0) is 11.2 Å². The summed E-state index contributed by atoms with van der Waals surface area (Å²) in [7, 11) is 0. The van der Waals surface area contributed by atoms with E-state index in [1.165, 1.54) is 16.0 Å². The number of unbranched alkanes of at least 4 members (excludes halogenated alkanes) is 1. The van der Waals surface area contributed by atoms with E-state index >= 15 is 0 Å². The lowest BCUT2D eigenvalue weighted by molar-refractivity contribution is -0.134. The minimum Gasteiger partial charge on any atom is -0.330 e. The minimum absolute atomic E-state index is 0.0108. The number of carbonyl (C=O) groups excluding carboxylic acids is 2. The molecule has 2 heterocycles. The van der Waals surface area contributed by atoms with Gasteiger partial charge in [-0.05, 0) is 67.0 Å². The van der Waals surface area contributed by atoms with E-state index in [0.717, 1.165) is 30.4 Å². The van der Waals surface area contributed by atoms with Gasteiger partial charge in [0, 0.05) is 23.5 Å². The van der Waals surface area contributed by atoms with Gasteiger partial charge in [-0.1, -0.05) is 55.3 Å². The van der Waals surface area contributed by atoms with Gasteiger partial charge in [-0.3, -0.25) is 9.59 Å². The lowest BCUT2D eigenvalue weighted by Gasteiger charge is -2.38. The first-order chi connectivity index (χ1) is 16.0. The van der Waals surface area contributed by atoms with Crippen LogP contribution in [0.5, 0.6) is 0 Å². The molecule has 5 heteroatoms. The average Bonchev–Trinajstić information content (AvgIpc) is 3.30. The van der Waals surface area contributed by atoms with E-state index in [-0.39, 0.29) is 24.4 Å². The number of rotatable bonds is 7. The zero-order valence-corrected chi connectivity index (χ0v) is 20.5. The third-order valence-corrected chi connectivity index (χ3v) is 7.46. The molecule has 2 aromatic carbocycles. The molecule has 0 aliphatic carbocycles. The van der Waals surface area contributed by atoms with Gasteiger partial charge in [0.2, 0.25) is 5.91 Å². The number of hydrogen-bond donors (Lipinski definition) is 0. The highest BCUT2D eigenvalue weighted by atomic mass is 32.1. The molecule has 1 aromatic heterocycles. The van der Waals surface area contributed by atoms with Crippen LogP contribution in [0.2, 0.25) is 0 Å². The molecule has 4 nitrogen and oxygen atoms in total. The second kappa shape index (κ2) is 10.3. The predicted molar refractivity (Wildman–Crippen MR) is 135 cm³/mol. The molecule has 0 bridgehead atoms. The Balaban J connectivity index is 1.62. The summed E-state index contributed by atoms with van der Waals surface area (Å²) in [6.07, 6.45) is 2.71. The van der Waals surface area contributed by atoms with Crippen molar-refractivity contribution in [1.82, 2.24) is 9.80 Å². The number of hydrogen-bond acceptors (Lipinski definition) is 3. The zero-order chi connectivity index (χ0) is 23.4. The summed E-state index contributed by atoms with van der Waals surface area (Å²) in [6, 6.07) is 18.0. The summed E-state index contributed by atoms with van der Waals surface area (Å²) < 4.78 is 0. The highest BCUT2D eigenvalue weighted by molar-refractivity contribution is 7.10. The van der Waals surface area contributed by atoms with Crippen LogP contribution >= 0.6 is 11.3 Å². The van der Waals surface area contributed by atoms with E-state index in [9.17, 15) is 9.59 Å². The zero-order valence-electron chi connectivity index (χ0n) is 19.7. The standard InChI is InChI=1S/C28H32N2O2S/c1-4-5-16-29(28(32)22-12-10-20(2)11-13-22)19-26(31)30-17-14-25-24(15-18-33-25)27(30)23-9-7-6-8-21(23)3/h6-13,15,18,27H,4-5,14,16-17,19H2,1-3H3. The summed E-state index contributed by atoms with van der Waals surface area (Å²) in [4.78, 5) is 32.1. The molecule has 0 radical (unpaired) electrons. The fraction of sp³-hybridized carbons (Fsp3) is 0.357. The lowest BCUT2D eigenvalue weighted by Crippen LogP contribution is -2.47. The fourth-order valence-corrected chi connectivity index (χ4v) is 5.45. The van der Waals surface area contributed by atoms with Crippen molar-refractivity contribution >= 4 is 23.2 Å². The Hall–Kier alpha value is -2.92. The van der Waals surface area contributed by atoms with Gasteiger partial charge in [-0.15, -0.1) is 11.3 Å². The molecule has 4 rings (SSSR count). The topological polar surface area (TPSA) is 40.6 Å². The van der Waals surface area contributed by atoms with Crippen molar-refractivity contribution in [3.63, 3.8) is 0 Å². The van der Waals surface area contributed by atoms with Crippen LogP contribution in [0, 0.1) is 13.8 Å². The van der Waals surface area contributed by atoms with Crippen molar-refractivity contribution < 1.29 is 9.59 Å². The van der Waals surface area contributed by atoms with Crippen LogP contribution in [0.1, 0.15) is 63.3 Å². The van der Waals surface area contributed by atoms with Crippen molar-refractivity contribution in [2.45, 2.75) is 46.1 Å². The van der Waals surface area contributed by atoms with Gasteiger partial charge in [0.05, 0.1) is 6.04 Å². The number of carbonyl (C=O) groups is 2. The molecule has 1 aliphatic rings. The first-order valence-electron chi connectivity index (χ1n) is 11.8. The van der Waals surface area contributed by atoms with Crippen LogP contribution in [0.4, 0.5) is 0 Å².